The number of amides is 1. The SMILES string of the molecule is C[NH+](C)CCCNC(=O)CC(c1ccc(-c2ccccc2)cc1)c1ccc(-c2ccccc2)cc1. The molecule has 178 valence electrons. The lowest BCUT2D eigenvalue weighted by molar-refractivity contribution is -0.858. The average molecular weight is 464 g/mol. The molecule has 0 bridgehead atoms. The second-order valence-corrected chi connectivity index (χ2v) is 9.39. The second-order valence-electron chi connectivity index (χ2n) is 9.39. The van der Waals surface area contributed by atoms with Gasteiger partial charge in [0.1, 0.15) is 0 Å². The van der Waals surface area contributed by atoms with Crippen molar-refractivity contribution in [3.63, 3.8) is 0 Å². The summed E-state index contributed by atoms with van der Waals surface area (Å²) in [5.41, 5.74) is 7.08. The zero-order chi connectivity index (χ0) is 24.5. The maximum Gasteiger partial charge on any atom is 0.220 e. The molecule has 0 saturated carbocycles. The van der Waals surface area contributed by atoms with Gasteiger partial charge in [0.05, 0.1) is 20.6 Å². The van der Waals surface area contributed by atoms with Crippen molar-refractivity contribution in [1.29, 1.82) is 0 Å². The minimum atomic E-state index is 0.00382. The van der Waals surface area contributed by atoms with Gasteiger partial charge >= 0.3 is 0 Å². The van der Waals surface area contributed by atoms with Crippen LogP contribution in [-0.2, 0) is 4.79 Å². The van der Waals surface area contributed by atoms with E-state index in [2.05, 4.69) is 116 Å². The highest BCUT2D eigenvalue weighted by Gasteiger charge is 2.19. The lowest BCUT2D eigenvalue weighted by atomic mass is 9.86. The van der Waals surface area contributed by atoms with E-state index in [9.17, 15) is 4.79 Å². The topological polar surface area (TPSA) is 33.5 Å². The maximum atomic E-state index is 12.9. The average Bonchev–Trinajstić information content (AvgIpc) is 2.91. The Balaban J connectivity index is 1.55. The highest BCUT2D eigenvalue weighted by molar-refractivity contribution is 5.78. The van der Waals surface area contributed by atoms with Gasteiger partial charge < -0.3 is 10.2 Å². The van der Waals surface area contributed by atoms with Gasteiger partial charge in [-0.3, -0.25) is 4.79 Å². The van der Waals surface area contributed by atoms with Crippen LogP contribution in [0, 0.1) is 0 Å². The number of rotatable bonds is 10. The molecule has 0 aromatic heterocycles. The van der Waals surface area contributed by atoms with Crippen molar-refractivity contribution in [2.75, 3.05) is 27.2 Å². The van der Waals surface area contributed by atoms with E-state index in [1.54, 1.807) is 0 Å². The van der Waals surface area contributed by atoms with Crippen LogP contribution in [0.1, 0.15) is 29.9 Å². The zero-order valence-corrected chi connectivity index (χ0v) is 20.7. The fourth-order valence-electron chi connectivity index (χ4n) is 4.43. The summed E-state index contributed by atoms with van der Waals surface area (Å²) in [6, 6.07) is 38.1. The lowest BCUT2D eigenvalue weighted by Crippen LogP contribution is -3.05. The zero-order valence-electron chi connectivity index (χ0n) is 20.7. The number of nitrogens with one attached hydrogen (secondary N) is 2. The summed E-state index contributed by atoms with van der Waals surface area (Å²) < 4.78 is 0. The van der Waals surface area contributed by atoms with E-state index in [0.29, 0.717) is 6.42 Å². The third-order valence-electron chi connectivity index (χ3n) is 6.41. The van der Waals surface area contributed by atoms with Crippen LogP contribution in [0.3, 0.4) is 0 Å². The predicted octanol–water partition coefficient (Wildman–Crippen LogP) is 5.19. The standard InChI is InChI=1S/C32H34N2O/c1-34(2)23-9-22-33-32(35)24-31(29-18-14-27(15-19-29)25-10-5-3-6-11-25)30-20-16-28(17-21-30)26-12-7-4-8-13-26/h3-8,10-21,31H,9,22-24H2,1-2H3,(H,33,35)/p+1. The molecule has 3 nitrogen and oxygen atoms in total. The molecule has 0 fully saturated rings. The summed E-state index contributed by atoms with van der Waals surface area (Å²) in [5.74, 6) is 0.104. The summed E-state index contributed by atoms with van der Waals surface area (Å²) in [4.78, 5) is 14.3. The molecule has 4 aromatic carbocycles. The fourth-order valence-corrected chi connectivity index (χ4v) is 4.43. The Morgan fingerprint density at radius 2 is 1.09 bits per heavy atom. The molecule has 0 aliphatic carbocycles. The molecule has 35 heavy (non-hydrogen) atoms. The number of benzene rings is 4. The van der Waals surface area contributed by atoms with E-state index in [1.807, 2.05) is 12.1 Å². The first-order valence-electron chi connectivity index (χ1n) is 12.5. The molecule has 2 N–H and O–H groups in total. The molecule has 1 amide bonds. The van der Waals surface area contributed by atoms with Gasteiger partial charge in [0.25, 0.3) is 0 Å². The Kier molecular flexibility index (Phi) is 8.48. The number of hydrogen-bond donors (Lipinski definition) is 2. The normalized spacial score (nSPS) is 11.1. The summed E-state index contributed by atoms with van der Waals surface area (Å²) in [6.07, 6.45) is 1.42. The van der Waals surface area contributed by atoms with Crippen molar-refractivity contribution < 1.29 is 9.69 Å². The van der Waals surface area contributed by atoms with Crippen molar-refractivity contribution in [2.45, 2.75) is 18.8 Å². The minimum absolute atomic E-state index is 0.00382. The molecule has 0 heterocycles. The highest BCUT2D eigenvalue weighted by atomic mass is 16.1. The van der Waals surface area contributed by atoms with E-state index >= 15 is 0 Å². The van der Waals surface area contributed by atoms with Gasteiger partial charge in [-0.15, -0.1) is 0 Å². The molecule has 0 saturated heterocycles. The quantitative estimate of drug-likeness (QED) is 0.312. The Labute approximate surface area is 209 Å². The Hall–Kier alpha value is -3.69. The molecule has 0 spiro atoms. The molecule has 0 radical (unpaired) electrons. The molecule has 4 rings (SSSR count). The number of carbonyl (C=O) groups excluding carboxylic acids is 1. The van der Waals surface area contributed by atoms with Gasteiger partial charge in [0.15, 0.2) is 0 Å². The predicted molar refractivity (Wildman–Crippen MR) is 146 cm³/mol. The highest BCUT2D eigenvalue weighted by Crippen LogP contribution is 2.31. The van der Waals surface area contributed by atoms with Crippen LogP contribution >= 0.6 is 0 Å². The van der Waals surface area contributed by atoms with Crippen molar-refractivity contribution in [3.8, 4) is 22.3 Å². The van der Waals surface area contributed by atoms with Crippen LogP contribution in [0.5, 0.6) is 0 Å². The molecular formula is C32H35N2O+. The van der Waals surface area contributed by atoms with E-state index in [0.717, 1.165) is 30.6 Å². The molecule has 4 aromatic rings. The Bertz CT molecular complexity index is 1100. The lowest BCUT2D eigenvalue weighted by Gasteiger charge is -2.19. The number of hydrogen-bond acceptors (Lipinski definition) is 1. The molecular weight excluding hydrogens is 428 g/mol. The second kappa shape index (κ2) is 12.1. The van der Waals surface area contributed by atoms with E-state index < -0.39 is 0 Å². The van der Waals surface area contributed by atoms with E-state index in [4.69, 9.17) is 0 Å². The third kappa shape index (κ3) is 6.91. The number of quaternary nitrogens is 1. The third-order valence-corrected chi connectivity index (χ3v) is 6.41. The van der Waals surface area contributed by atoms with Gasteiger partial charge in [-0.2, -0.15) is 0 Å². The fraction of sp³-hybridized carbons (Fsp3) is 0.219. The maximum absolute atomic E-state index is 12.9. The molecule has 0 aliphatic heterocycles. The van der Waals surface area contributed by atoms with Crippen LogP contribution in [0.15, 0.2) is 109 Å². The van der Waals surface area contributed by atoms with Gasteiger partial charge in [-0.25, -0.2) is 0 Å². The van der Waals surface area contributed by atoms with Gasteiger partial charge in [-0.1, -0.05) is 109 Å². The first-order chi connectivity index (χ1) is 17.1. The first kappa shape index (κ1) is 24.4. The largest absolute Gasteiger partial charge is 0.356 e. The Morgan fingerprint density at radius 3 is 1.51 bits per heavy atom. The first-order valence-corrected chi connectivity index (χ1v) is 12.5. The molecule has 0 aliphatic rings. The van der Waals surface area contributed by atoms with Crippen LogP contribution < -0.4 is 10.2 Å². The van der Waals surface area contributed by atoms with Crippen molar-refractivity contribution in [1.82, 2.24) is 5.32 Å². The molecule has 0 unspecified atom stereocenters. The summed E-state index contributed by atoms with van der Waals surface area (Å²) in [6.45, 7) is 1.77. The summed E-state index contributed by atoms with van der Waals surface area (Å²) in [7, 11) is 4.27. The van der Waals surface area contributed by atoms with Crippen molar-refractivity contribution in [3.05, 3.63) is 120 Å². The van der Waals surface area contributed by atoms with Crippen LogP contribution in [0.25, 0.3) is 22.3 Å². The van der Waals surface area contributed by atoms with Crippen LogP contribution in [-0.4, -0.2) is 33.1 Å². The van der Waals surface area contributed by atoms with Crippen molar-refractivity contribution >= 4 is 5.91 Å². The summed E-state index contributed by atoms with van der Waals surface area (Å²) in [5, 5.41) is 3.13. The molecule has 0 atom stereocenters. The van der Waals surface area contributed by atoms with Gasteiger partial charge in [-0.05, 0) is 33.4 Å². The van der Waals surface area contributed by atoms with E-state index in [1.165, 1.54) is 27.2 Å². The number of carbonyl (C=O) groups is 1. The minimum Gasteiger partial charge on any atom is -0.356 e. The van der Waals surface area contributed by atoms with Crippen molar-refractivity contribution in [2.24, 2.45) is 0 Å². The van der Waals surface area contributed by atoms with Gasteiger partial charge in [0, 0.05) is 25.3 Å². The monoisotopic (exact) mass is 463 g/mol. The summed E-state index contributed by atoms with van der Waals surface area (Å²) >= 11 is 0. The van der Waals surface area contributed by atoms with Crippen LogP contribution in [0.4, 0.5) is 0 Å². The molecule has 3 heteroatoms. The Morgan fingerprint density at radius 1 is 0.657 bits per heavy atom. The van der Waals surface area contributed by atoms with E-state index in [-0.39, 0.29) is 11.8 Å². The van der Waals surface area contributed by atoms with Crippen LogP contribution in [0.2, 0.25) is 0 Å². The van der Waals surface area contributed by atoms with Gasteiger partial charge in [0.2, 0.25) is 5.91 Å². The smallest absolute Gasteiger partial charge is 0.220 e.